The lowest BCUT2D eigenvalue weighted by molar-refractivity contribution is 0.102. The van der Waals surface area contributed by atoms with E-state index >= 15 is 0 Å². The van der Waals surface area contributed by atoms with Crippen LogP contribution in [0.1, 0.15) is 15.9 Å². The second-order valence-corrected chi connectivity index (χ2v) is 7.67. The Bertz CT molecular complexity index is 931. The third kappa shape index (κ3) is 3.77. The number of rotatable bonds is 4. The van der Waals surface area contributed by atoms with Gasteiger partial charge in [-0.3, -0.25) is 4.79 Å². The van der Waals surface area contributed by atoms with Crippen LogP contribution in [0.3, 0.4) is 0 Å². The van der Waals surface area contributed by atoms with Gasteiger partial charge in [0.2, 0.25) is 10.0 Å². The van der Waals surface area contributed by atoms with Crippen molar-refractivity contribution in [3.63, 3.8) is 0 Å². The first-order valence-electron chi connectivity index (χ1n) is 6.86. The minimum absolute atomic E-state index is 0.0144. The monoisotopic (exact) mass is 362 g/mol. The van der Waals surface area contributed by atoms with Gasteiger partial charge in [-0.2, -0.15) is 0 Å². The third-order valence-electron chi connectivity index (χ3n) is 3.25. The maximum Gasteiger partial charge on any atom is 0.257 e. The number of carbonyl (C=O) groups excluding carboxylic acids is 1. The van der Waals surface area contributed by atoms with Gasteiger partial charge in [-0.25, -0.2) is 12.7 Å². The zero-order valence-corrected chi connectivity index (χ0v) is 14.6. The molecule has 0 bridgehead atoms. The van der Waals surface area contributed by atoms with Gasteiger partial charge in [0, 0.05) is 25.3 Å². The van der Waals surface area contributed by atoms with Gasteiger partial charge in [0.05, 0.1) is 15.5 Å². The van der Waals surface area contributed by atoms with E-state index in [1.54, 1.807) is 24.3 Å². The summed E-state index contributed by atoms with van der Waals surface area (Å²) in [5, 5.41) is 2.81. The molecule has 0 aliphatic carbocycles. The highest BCUT2D eigenvalue weighted by Crippen LogP contribution is 2.23. The molecule has 0 fully saturated rings. The molecule has 2 aromatic rings. The lowest BCUT2D eigenvalue weighted by Gasteiger charge is -2.13. The van der Waals surface area contributed by atoms with Crippen LogP contribution in [0.25, 0.3) is 0 Å². The molecule has 0 saturated carbocycles. The largest absolute Gasteiger partial charge is 0.322 e. The summed E-state index contributed by atoms with van der Waals surface area (Å²) in [6.45, 7) is 0. The third-order valence-corrected chi connectivity index (χ3v) is 5.39. The Morgan fingerprint density at radius 3 is 2.54 bits per heavy atom. The van der Waals surface area contributed by atoms with E-state index in [0.717, 1.165) is 4.31 Å². The van der Waals surface area contributed by atoms with E-state index in [4.69, 9.17) is 18.0 Å². The number of hydrogen-bond acceptors (Lipinski definition) is 3. The summed E-state index contributed by atoms with van der Waals surface area (Å²) in [4.78, 5) is 12.4. The van der Waals surface area contributed by atoms with E-state index in [2.05, 4.69) is 11.2 Å². The minimum Gasteiger partial charge on any atom is -0.322 e. The number of carbonyl (C=O) groups is 1. The smallest absolute Gasteiger partial charge is 0.257 e. The van der Waals surface area contributed by atoms with Crippen LogP contribution < -0.4 is 5.32 Å². The predicted molar refractivity (Wildman–Crippen MR) is 94.7 cm³/mol. The van der Waals surface area contributed by atoms with Crippen molar-refractivity contribution in [1.82, 2.24) is 4.31 Å². The van der Waals surface area contributed by atoms with Gasteiger partial charge in [0.15, 0.2) is 0 Å². The van der Waals surface area contributed by atoms with Crippen LogP contribution in [-0.2, 0) is 10.0 Å². The van der Waals surface area contributed by atoms with Crippen LogP contribution in [0, 0.1) is 12.3 Å². The summed E-state index contributed by atoms with van der Waals surface area (Å²) in [7, 11) is -0.842. The fourth-order valence-electron chi connectivity index (χ4n) is 1.93. The molecule has 0 heterocycles. The minimum atomic E-state index is -3.67. The molecule has 2 rings (SSSR count). The molecule has 0 spiro atoms. The van der Waals surface area contributed by atoms with Crippen LogP contribution in [0.15, 0.2) is 47.4 Å². The number of benzene rings is 2. The van der Waals surface area contributed by atoms with Crippen LogP contribution in [0.2, 0.25) is 5.02 Å². The number of amides is 1. The van der Waals surface area contributed by atoms with Gasteiger partial charge in [-0.05, 0) is 36.4 Å². The summed E-state index contributed by atoms with van der Waals surface area (Å²) in [5.41, 5.74) is 1.17. The number of nitrogens with zero attached hydrogens (tertiary/aromatic N) is 1. The number of terminal acetylenes is 1. The van der Waals surface area contributed by atoms with E-state index in [0.29, 0.717) is 11.3 Å². The standard InChI is InChI=1S/C17H15ClN2O3S/c1-4-12-6-5-7-13(10-12)19-17(21)15-11-14(8-9-16(15)18)24(22,23)20(2)3/h1,5-11H,2-3H3,(H,19,21). The van der Waals surface area contributed by atoms with Gasteiger partial charge in [-0.1, -0.05) is 23.6 Å². The summed E-state index contributed by atoms with van der Waals surface area (Å²) in [6.07, 6.45) is 5.33. The molecule has 2 aromatic carbocycles. The van der Waals surface area contributed by atoms with Crippen LogP contribution in [0.4, 0.5) is 5.69 Å². The van der Waals surface area contributed by atoms with E-state index in [1.165, 1.54) is 32.3 Å². The Morgan fingerprint density at radius 2 is 1.92 bits per heavy atom. The van der Waals surface area contributed by atoms with E-state index in [-0.39, 0.29) is 15.5 Å². The number of nitrogens with one attached hydrogen (secondary N) is 1. The molecule has 1 N–H and O–H groups in total. The molecule has 0 radical (unpaired) electrons. The molecule has 124 valence electrons. The van der Waals surface area contributed by atoms with Crippen LogP contribution in [-0.4, -0.2) is 32.7 Å². The van der Waals surface area contributed by atoms with Crippen molar-refractivity contribution in [2.75, 3.05) is 19.4 Å². The summed E-state index contributed by atoms with van der Waals surface area (Å²) in [5.74, 6) is 1.95. The van der Waals surface area contributed by atoms with Crippen LogP contribution in [0.5, 0.6) is 0 Å². The van der Waals surface area contributed by atoms with Gasteiger partial charge in [0.1, 0.15) is 0 Å². The highest BCUT2D eigenvalue weighted by Gasteiger charge is 2.20. The number of sulfonamides is 1. The zero-order valence-electron chi connectivity index (χ0n) is 13.1. The summed E-state index contributed by atoms with van der Waals surface area (Å²) in [6, 6.07) is 10.7. The second-order valence-electron chi connectivity index (χ2n) is 5.11. The first kappa shape index (κ1) is 18.0. The van der Waals surface area contributed by atoms with Crippen molar-refractivity contribution in [2.24, 2.45) is 0 Å². The normalized spacial score (nSPS) is 11.1. The molecule has 0 atom stereocenters. The fraction of sp³-hybridized carbons (Fsp3) is 0.118. The summed E-state index contributed by atoms with van der Waals surface area (Å²) < 4.78 is 25.4. The topological polar surface area (TPSA) is 66.5 Å². The van der Waals surface area contributed by atoms with Gasteiger partial charge in [-0.15, -0.1) is 6.42 Å². The number of anilines is 1. The Morgan fingerprint density at radius 1 is 1.21 bits per heavy atom. The fourth-order valence-corrected chi connectivity index (χ4v) is 3.07. The van der Waals surface area contributed by atoms with E-state index in [9.17, 15) is 13.2 Å². The highest BCUT2D eigenvalue weighted by molar-refractivity contribution is 7.89. The average molecular weight is 363 g/mol. The first-order valence-corrected chi connectivity index (χ1v) is 8.67. The van der Waals surface area contributed by atoms with Crippen molar-refractivity contribution in [3.8, 4) is 12.3 Å². The highest BCUT2D eigenvalue weighted by atomic mass is 35.5. The molecule has 0 saturated heterocycles. The van der Waals surface area contributed by atoms with Crippen molar-refractivity contribution in [2.45, 2.75) is 4.90 Å². The van der Waals surface area contributed by atoms with Crippen molar-refractivity contribution >= 4 is 33.2 Å². The predicted octanol–water partition coefficient (Wildman–Crippen LogP) is 2.82. The van der Waals surface area contributed by atoms with E-state index in [1.807, 2.05) is 0 Å². The van der Waals surface area contributed by atoms with Crippen molar-refractivity contribution in [3.05, 3.63) is 58.6 Å². The van der Waals surface area contributed by atoms with Gasteiger partial charge in [0.25, 0.3) is 5.91 Å². The molecule has 0 aliphatic rings. The molecule has 24 heavy (non-hydrogen) atoms. The molecule has 5 nitrogen and oxygen atoms in total. The van der Waals surface area contributed by atoms with Crippen molar-refractivity contribution in [1.29, 1.82) is 0 Å². The number of halogens is 1. The SMILES string of the molecule is C#Cc1cccc(NC(=O)c2cc(S(=O)(=O)N(C)C)ccc2Cl)c1. The average Bonchev–Trinajstić information content (AvgIpc) is 2.54. The molecule has 7 heteroatoms. The molecular formula is C17H15ClN2O3S. The van der Waals surface area contributed by atoms with Gasteiger partial charge >= 0.3 is 0 Å². The maximum atomic E-state index is 12.4. The van der Waals surface area contributed by atoms with Crippen molar-refractivity contribution < 1.29 is 13.2 Å². The summed E-state index contributed by atoms with van der Waals surface area (Å²) >= 11 is 6.04. The van der Waals surface area contributed by atoms with E-state index < -0.39 is 15.9 Å². The van der Waals surface area contributed by atoms with Gasteiger partial charge < -0.3 is 5.32 Å². The molecule has 1 amide bonds. The quantitative estimate of drug-likeness (QED) is 0.850. The van der Waals surface area contributed by atoms with Crippen LogP contribution >= 0.6 is 11.6 Å². The first-order chi connectivity index (χ1) is 11.3. The lowest BCUT2D eigenvalue weighted by Crippen LogP contribution is -2.23. The second kappa shape index (κ2) is 7.05. The Hall–Kier alpha value is -2.33. The Labute approximate surface area is 146 Å². The zero-order chi connectivity index (χ0) is 17.9. The molecule has 0 aromatic heterocycles. The number of hydrogen-bond donors (Lipinski definition) is 1. The Kier molecular flexibility index (Phi) is 5.30. The molecule has 0 unspecified atom stereocenters. The maximum absolute atomic E-state index is 12.4. The molecule has 0 aliphatic heterocycles. The lowest BCUT2D eigenvalue weighted by atomic mass is 10.2. The molecular weight excluding hydrogens is 348 g/mol. The Balaban J connectivity index is 2.37.